The van der Waals surface area contributed by atoms with Gasteiger partial charge in [-0.2, -0.15) is 8.78 Å². The molecule has 2 aromatic rings. The number of carbonyl (C=O) groups excluding carboxylic acids is 1. The summed E-state index contributed by atoms with van der Waals surface area (Å²) >= 11 is 0. The molecule has 0 spiro atoms. The standard InChI is InChI=1S/C18H17F2NO4/c1-21(10-12-11-23-15-8-4-5-9-16(15)24-12)17(22)13-6-2-3-7-14(13)25-18(19)20/h2-9,12,18H,10-11H2,1H3/t12-/m1/s1. The normalized spacial score (nSPS) is 15.8. The summed E-state index contributed by atoms with van der Waals surface area (Å²) in [5, 5.41) is 0. The quantitative estimate of drug-likeness (QED) is 0.832. The largest absolute Gasteiger partial charge is 0.486 e. The van der Waals surface area contributed by atoms with Crippen LogP contribution in [-0.2, 0) is 0 Å². The summed E-state index contributed by atoms with van der Waals surface area (Å²) in [6.45, 7) is -2.45. The topological polar surface area (TPSA) is 48.0 Å². The molecule has 0 bridgehead atoms. The second-order valence-electron chi connectivity index (χ2n) is 5.56. The molecule has 0 aromatic heterocycles. The molecule has 1 aliphatic rings. The van der Waals surface area contributed by atoms with Gasteiger partial charge in [0.1, 0.15) is 12.4 Å². The molecule has 132 valence electrons. The Bertz CT molecular complexity index is 753. The van der Waals surface area contributed by atoms with Gasteiger partial charge in [-0.3, -0.25) is 4.79 Å². The Morgan fingerprint density at radius 3 is 2.64 bits per heavy atom. The van der Waals surface area contributed by atoms with Gasteiger partial charge in [-0.15, -0.1) is 0 Å². The van der Waals surface area contributed by atoms with E-state index in [1.165, 1.54) is 23.1 Å². The van der Waals surface area contributed by atoms with Crippen molar-refractivity contribution >= 4 is 5.91 Å². The van der Waals surface area contributed by atoms with Gasteiger partial charge in [-0.25, -0.2) is 0 Å². The molecule has 25 heavy (non-hydrogen) atoms. The molecule has 1 aliphatic heterocycles. The van der Waals surface area contributed by atoms with Crippen LogP contribution in [0.15, 0.2) is 48.5 Å². The van der Waals surface area contributed by atoms with Crippen LogP contribution in [0.5, 0.6) is 17.2 Å². The third-order valence-corrected chi connectivity index (χ3v) is 3.73. The van der Waals surface area contributed by atoms with Crippen molar-refractivity contribution < 1.29 is 27.8 Å². The summed E-state index contributed by atoms with van der Waals surface area (Å²) in [5.41, 5.74) is 0.0717. The molecule has 0 radical (unpaired) electrons. The number of benzene rings is 2. The van der Waals surface area contributed by atoms with Crippen molar-refractivity contribution in [1.82, 2.24) is 4.90 Å². The smallest absolute Gasteiger partial charge is 0.387 e. The molecular weight excluding hydrogens is 332 g/mol. The second kappa shape index (κ2) is 7.38. The van der Waals surface area contributed by atoms with Crippen LogP contribution in [0.25, 0.3) is 0 Å². The number of hydrogen-bond donors (Lipinski definition) is 0. The highest BCUT2D eigenvalue weighted by Gasteiger charge is 2.25. The molecule has 0 unspecified atom stereocenters. The van der Waals surface area contributed by atoms with Gasteiger partial charge in [0.25, 0.3) is 5.91 Å². The zero-order valence-corrected chi connectivity index (χ0v) is 13.5. The van der Waals surface area contributed by atoms with E-state index in [9.17, 15) is 13.6 Å². The minimum atomic E-state index is -2.99. The summed E-state index contributed by atoms with van der Waals surface area (Å²) < 4.78 is 40.8. The van der Waals surface area contributed by atoms with Crippen LogP contribution in [0.2, 0.25) is 0 Å². The lowest BCUT2D eigenvalue weighted by Gasteiger charge is -2.29. The monoisotopic (exact) mass is 349 g/mol. The summed E-state index contributed by atoms with van der Waals surface area (Å²) in [5.74, 6) is 0.684. The minimum Gasteiger partial charge on any atom is -0.486 e. The molecule has 0 saturated heterocycles. The van der Waals surface area contributed by atoms with Gasteiger partial charge < -0.3 is 19.1 Å². The maximum absolute atomic E-state index is 12.6. The van der Waals surface area contributed by atoms with Gasteiger partial charge in [-0.05, 0) is 24.3 Å². The number of ether oxygens (including phenoxy) is 3. The molecule has 1 atom stereocenters. The Labute approximate surface area is 143 Å². The van der Waals surface area contributed by atoms with E-state index in [0.29, 0.717) is 18.1 Å². The molecule has 1 amide bonds. The fraction of sp³-hybridized carbons (Fsp3) is 0.278. The molecule has 2 aromatic carbocycles. The molecule has 0 fully saturated rings. The number of nitrogens with zero attached hydrogens (tertiary/aromatic N) is 1. The fourth-order valence-corrected chi connectivity index (χ4v) is 2.59. The third kappa shape index (κ3) is 3.99. The number of likely N-dealkylation sites (N-methyl/N-ethyl adjacent to an activating group) is 1. The maximum Gasteiger partial charge on any atom is 0.387 e. The zero-order valence-electron chi connectivity index (χ0n) is 13.5. The van der Waals surface area contributed by atoms with E-state index in [-0.39, 0.29) is 24.0 Å². The number of para-hydroxylation sites is 3. The minimum absolute atomic E-state index is 0.0717. The lowest BCUT2D eigenvalue weighted by Crippen LogP contribution is -2.41. The molecule has 0 saturated carbocycles. The number of fused-ring (bicyclic) bond motifs is 1. The number of hydrogen-bond acceptors (Lipinski definition) is 4. The fourth-order valence-electron chi connectivity index (χ4n) is 2.59. The lowest BCUT2D eigenvalue weighted by molar-refractivity contribution is -0.0503. The zero-order chi connectivity index (χ0) is 17.8. The number of amides is 1. The van der Waals surface area contributed by atoms with Crippen molar-refractivity contribution in [2.24, 2.45) is 0 Å². The molecule has 0 aliphatic carbocycles. The SMILES string of the molecule is CN(C[C@@H]1COc2ccccc2O1)C(=O)c1ccccc1OC(F)F. The molecule has 0 N–H and O–H groups in total. The van der Waals surface area contributed by atoms with Crippen molar-refractivity contribution in [3.8, 4) is 17.2 Å². The van der Waals surface area contributed by atoms with Crippen LogP contribution >= 0.6 is 0 Å². The van der Waals surface area contributed by atoms with Gasteiger partial charge in [0.2, 0.25) is 0 Å². The highest BCUT2D eigenvalue weighted by Crippen LogP contribution is 2.31. The van der Waals surface area contributed by atoms with Gasteiger partial charge in [0.05, 0.1) is 12.1 Å². The summed E-state index contributed by atoms with van der Waals surface area (Å²) in [4.78, 5) is 14.0. The molecule has 7 heteroatoms. The van der Waals surface area contributed by atoms with Crippen LogP contribution in [0, 0.1) is 0 Å². The molecule has 1 heterocycles. The van der Waals surface area contributed by atoms with Crippen LogP contribution in [0.1, 0.15) is 10.4 Å². The van der Waals surface area contributed by atoms with Crippen molar-refractivity contribution in [3.63, 3.8) is 0 Å². The Morgan fingerprint density at radius 2 is 1.88 bits per heavy atom. The summed E-state index contributed by atoms with van der Waals surface area (Å²) in [6.07, 6.45) is -0.355. The predicted molar refractivity (Wildman–Crippen MR) is 86.4 cm³/mol. The van der Waals surface area contributed by atoms with E-state index in [1.807, 2.05) is 12.1 Å². The first-order valence-electron chi connectivity index (χ1n) is 7.72. The van der Waals surface area contributed by atoms with Crippen LogP contribution in [0.4, 0.5) is 8.78 Å². The first-order chi connectivity index (χ1) is 12.0. The average Bonchev–Trinajstić information content (AvgIpc) is 2.61. The third-order valence-electron chi connectivity index (χ3n) is 3.73. The molecule has 3 rings (SSSR count). The van der Waals surface area contributed by atoms with E-state index in [1.54, 1.807) is 25.2 Å². The van der Waals surface area contributed by atoms with Crippen molar-refractivity contribution in [3.05, 3.63) is 54.1 Å². The Balaban J connectivity index is 1.68. The highest BCUT2D eigenvalue weighted by molar-refractivity contribution is 5.96. The number of rotatable bonds is 5. The van der Waals surface area contributed by atoms with Crippen molar-refractivity contribution in [2.45, 2.75) is 12.7 Å². The molecular formula is C18H17F2NO4. The van der Waals surface area contributed by atoms with E-state index in [0.717, 1.165) is 0 Å². The van der Waals surface area contributed by atoms with Crippen molar-refractivity contribution in [1.29, 1.82) is 0 Å². The molecule has 5 nitrogen and oxygen atoms in total. The summed E-state index contributed by atoms with van der Waals surface area (Å²) in [6, 6.07) is 13.2. The van der Waals surface area contributed by atoms with Crippen LogP contribution in [-0.4, -0.2) is 43.7 Å². The van der Waals surface area contributed by atoms with Gasteiger partial charge in [0, 0.05) is 7.05 Å². The second-order valence-corrected chi connectivity index (χ2v) is 5.56. The average molecular weight is 349 g/mol. The Kier molecular flexibility index (Phi) is 5.02. The first-order valence-corrected chi connectivity index (χ1v) is 7.72. The van der Waals surface area contributed by atoms with Gasteiger partial charge in [0.15, 0.2) is 17.6 Å². The first kappa shape index (κ1) is 17.0. The van der Waals surface area contributed by atoms with E-state index >= 15 is 0 Å². The van der Waals surface area contributed by atoms with Crippen LogP contribution in [0.3, 0.4) is 0 Å². The van der Waals surface area contributed by atoms with E-state index in [4.69, 9.17) is 9.47 Å². The Hall–Kier alpha value is -2.83. The van der Waals surface area contributed by atoms with Crippen molar-refractivity contribution in [2.75, 3.05) is 20.2 Å². The van der Waals surface area contributed by atoms with Gasteiger partial charge >= 0.3 is 6.61 Å². The predicted octanol–water partition coefficient (Wildman–Crippen LogP) is 3.20. The van der Waals surface area contributed by atoms with E-state index in [2.05, 4.69) is 4.74 Å². The summed E-state index contributed by atoms with van der Waals surface area (Å²) in [7, 11) is 1.57. The maximum atomic E-state index is 12.6. The van der Waals surface area contributed by atoms with Crippen LogP contribution < -0.4 is 14.2 Å². The number of halogens is 2. The highest BCUT2D eigenvalue weighted by atomic mass is 19.3. The van der Waals surface area contributed by atoms with E-state index < -0.39 is 12.5 Å². The number of carbonyl (C=O) groups is 1. The Morgan fingerprint density at radius 1 is 1.20 bits per heavy atom. The number of alkyl halides is 2. The lowest BCUT2D eigenvalue weighted by atomic mass is 10.1. The van der Waals surface area contributed by atoms with Gasteiger partial charge in [-0.1, -0.05) is 24.3 Å².